The smallest absolute Gasteiger partial charge is 0.182 e. The lowest BCUT2D eigenvalue weighted by molar-refractivity contribution is 0.615. The largest absolute Gasteiger partial charge is 0.397 e. The zero-order valence-corrected chi connectivity index (χ0v) is 10.3. The van der Waals surface area contributed by atoms with E-state index in [-0.39, 0.29) is 0 Å². The van der Waals surface area contributed by atoms with E-state index in [1.165, 1.54) is 0 Å². The van der Waals surface area contributed by atoms with Gasteiger partial charge >= 0.3 is 0 Å². The molecule has 0 radical (unpaired) electrons. The summed E-state index contributed by atoms with van der Waals surface area (Å²) in [6.07, 6.45) is 2.21. The second kappa shape index (κ2) is 3.85. The monoisotopic (exact) mass is 269 g/mol. The standard InChI is InChI=1S/C10H9Cl2N5/c11-7-3-5(4-8(13)9(7)12)10-14-15-16-17(10)6-1-2-6/h3-4,6H,1-2,13H2. The molecule has 2 N–H and O–H groups in total. The van der Waals surface area contributed by atoms with Crippen molar-refractivity contribution in [3.63, 3.8) is 0 Å². The van der Waals surface area contributed by atoms with Crippen molar-refractivity contribution in [2.75, 3.05) is 5.73 Å². The zero-order valence-electron chi connectivity index (χ0n) is 8.77. The summed E-state index contributed by atoms with van der Waals surface area (Å²) in [5.74, 6) is 0.678. The number of hydrogen-bond acceptors (Lipinski definition) is 4. The minimum absolute atomic E-state index is 0.362. The van der Waals surface area contributed by atoms with E-state index in [1.54, 1.807) is 16.8 Å². The fraction of sp³-hybridized carbons (Fsp3) is 0.300. The first kappa shape index (κ1) is 10.8. The molecule has 1 aliphatic rings. The molecule has 0 unspecified atom stereocenters. The summed E-state index contributed by atoms with van der Waals surface area (Å²) in [7, 11) is 0. The molecular weight excluding hydrogens is 261 g/mol. The number of tetrazole rings is 1. The van der Waals surface area contributed by atoms with Crippen LogP contribution in [0.4, 0.5) is 5.69 Å². The molecule has 1 fully saturated rings. The van der Waals surface area contributed by atoms with Crippen molar-refractivity contribution in [1.82, 2.24) is 20.2 Å². The average Bonchev–Trinajstić information content (AvgIpc) is 3.03. The Labute approximate surface area is 108 Å². The Bertz CT molecular complexity index is 553. The van der Waals surface area contributed by atoms with Crippen LogP contribution in [-0.4, -0.2) is 20.2 Å². The van der Waals surface area contributed by atoms with Crippen LogP contribution in [0.25, 0.3) is 11.4 Å². The van der Waals surface area contributed by atoms with Gasteiger partial charge in [-0.05, 0) is 35.4 Å². The Morgan fingerprint density at radius 1 is 1.29 bits per heavy atom. The first-order valence-corrected chi connectivity index (χ1v) is 5.95. The lowest BCUT2D eigenvalue weighted by Crippen LogP contribution is -2.00. The molecule has 5 nitrogen and oxygen atoms in total. The number of nitrogen functional groups attached to an aromatic ring is 1. The van der Waals surface area contributed by atoms with Crippen LogP contribution < -0.4 is 5.73 Å². The summed E-state index contributed by atoms with van der Waals surface area (Å²) in [6.45, 7) is 0. The highest BCUT2D eigenvalue weighted by Crippen LogP contribution is 2.38. The Kier molecular flexibility index (Phi) is 2.45. The Hall–Kier alpha value is -1.33. The summed E-state index contributed by atoms with van der Waals surface area (Å²) in [5.41, 5.74) is 6.99. The molecule has 0 amide bonds. The summed E-state index contributed by atoms with van der Waals surface area (Å²) in [6, 6.07) is 3.86. The number of anilines is 1. The van der Waals surface area contributed by atoms with Crippen LogP contribution in [0.1, 0.15) is 18.9 Å². The summed E-state index contributed by atoms with van der Waals surface area (Å²) >= 11 is 11.9. The molecule has 3 rings (SSSR count). The van der Waals surface area contributed by atoms with Crippen LogP contribution in [0, 0.1) is 0 Å². The fourth-order valence-corrected chi connectivity index (χ4v) is 2.02. The van der Waals surface area contributed by atoms with Crippen LogP contribution in [-0.2, 0) is 0 Å². The molecule has 1 aromatic carbocycles. The van der Waals surface area contributed by atoms with E-state index < -0.39 is 0 Å². The van der Waals surface area contributed by atoms with Gasteiger partial charge in [0.15, 0.2) is 5.82 Å². The van der Waals surface area contributed by atoms with Crippen LogP contribution in [0.15, 0.2) is 12.1 Å². The van der Waals surface area contributed by atoms with Gasteiger partial charge in [0.05, 0.1) is 21.8 Å². The summed E-state index contributed by atoms with van der Waals surface area (Å²) in [5, 5.41) is 12.4. The van der Waals surface area contributed by atoms with Crippen LogP contribution >= 0.6 is 23.2 Å². The molecule has 0 saturated heterocycles. The number of nitrogens with two attached hydrogens (primary N) is 1. The van der Waals surface area contributed by atoms with Gasteiger partial charge < -0.3 is 5.73 Å². The molecule has 0 atom stereocenters. The third kappa shape index (κ3) is 1.85. The normalized spacial score (nSPS) is 15.2. The molecule has 1 aliphatic carbocycles. The highest BCUT2D eigenvalue weighted by molar-refractivity contribution is 6.43. The van der Waals surface area contributed by atoms with Crippen molar-refractivity contribution in [3.8, 4) is 11.4 Å². The molecule has 7 heteroatoms. The predicted octanol–water partition coefficient (Wildman–Crippen LogP) is 2.56. The van der Waals surface area contributed by atoms with Crippen molar-refractivity contribution in [1.29, 1.82) is 0 Å². The van der Waals surface area contributed by atoms with Gasteiger partial charge in [-0.2, -0.15) is 0 Å². The number of nitrogens with zero attached hydrogens (tertiary/aromatic N) is 4. The summed E-state index contributed by atoms with van der Waals surface area (Å²) in [4.78, 5) is 0. The number of rotatable bonds is 2. The second-order valence-corrected chi connectivity index (χ2v) is 4.82. The van der Waals surface area contributed by atoms with Gasteiger partial charge in [-0.25, -0.2) is 4.68 Å². The van der Waals surface area contributed by atoms with Gasteiger partial charge in [0.2, 0.25) is 0 Å². The minimum Gasteiger partial charge on any atom is -0.397 e. The SMILES string of the molecule is Nc1cc(-c2nnnn2C2CC2)cc(Cl)c1Cl. The van der Waals surface area contributed by atoms with Crippen molar-refractivity contribution < 1.29 is 0 Å². The van der Waals surface area contributed by atoms with Crippen molar-refractivity contribution in [3.05, 3.63) is 22.2 Å². The molecule has 1 saturated carbocycles. The molecule has 17 heavy (non-hydrogen) atoms. The highest BCUT2D eigenvalue weighted by Gasteiger charge is 2.28. The molecule has 1 aromatic heterocycles. The number of halogens is 2. The lowest BCUT2D eigenvalue weighted by Gasteiger charge is -2.06. The van der Waals surface area contributed by atoms with E-state index in [0.717, 1.165) is 18.4 Å². The Morgan fingerprint density at radius 3 is 2.71 bits per heavy atom. The highest BCUT2D eigenvalue weighted by atomic mass is 35.5. The van der Waals surface area contributed by atoms with Gasteiger partial charge in [-0.15, -0.1) is 5.10 Å². The first-order valence-electron chi connectivity index (χ1n) is 5.19. The van der Waals surface area contributed by atoms with E-state index in [9.17, 15) is 0 Å². The summed E-state index contributed by atoms with van der Waals surface area (Å²) < 4.78 is 1.80. The molecule has 1 heterocycles. The molecule has 0 spiro atoms. The number of benzene rings is 1. The van der Waals surface area contributed by atoms with Crippen LogP contribution in [0.2, 0.25) is 10.0 Å². The van der Waals surface area contributed by atoms with Gasteiger partial charge in [0.25, 0.3) is 0 Å². The third-order valence-corrected chi connectivity index (χ3v) is 3.52. The Balaban J connectivity index is 2.11. The maximum absolute atomic E-state index is 5.99. The molecule has 0 aliphatic heterocycles. The van der Waals surface area contributed by atoms with E-state index in [2.05, 4.69) is 15.5 Å². The quantitative estimate of drug-likeness (QED) is 0.851. The van der Waals surface area contributed by atoms with Crippen LogP contribution in [0.3, 0.4) is 0 Å². The molecule has 88 valence electrons. The third-order valence-electron chi connectivity index (χ3n) is 2.70. The predicted molar refractivity (Wildman–Crippen MR) is 66.0 cm³/mol. The van der Waals surface area contributed by atoms with Crippen molar-refractivity contribution in [2.45, 2.75) is 18.9 Å². The number of hydrogen-bond donors (Lipinski definition) is 1. The van der Waals surface area contributed by atoms with Crippen LogP contribution in [0.5, 0.6) is 0 Å². The molecular formula is C10H9Cl2N5. The number of aromatic nitrogens is 4. The minimum atomic E-state index is 0.362. The average molecular weight is 270 g/mol. The van der Waals surface area contributed by atoms with Gasteiger partial charge in [0.1, 0.15) is 0 Å². The fourth-order valence-electron chi connectivity index (χ4n) is 1.69. The Morgan fingerprint density at radius 2 is 2.06 bits per heavy atom. The van der Waals surface area contributed by atoms with Gasteiger partial charge in [-0.3, -0.25) is 0 Å². The van der Waals surface area contributed by atoms with E-state index >= 15 is 0 Å². The lowest BCUT2D eigenvalue weighted by atomic mass is 10.2. The van der Waals surface area contributed by atoms with Gasteiger partial charge in [0, 0.05) is 5.56 Å². The maximum Gasteiger partial charge on any atom is 0.182 e. The maximum atomic E-state index is 5.99. The molecule has 0 bridgehead atoms. The van der Waals surface area contributed by atoms with Gasteiger partial charge in [-0.1, -0.05) is 23.2 Å². The first-order chi connectivity index (χ1) is 8.16. The van der Waals surface area contributed by atoms with Crippen molar-refractivity contribution in [2.24, 2.45) is 0 Å². The van der Waals surface area contributed by atoms with Crippen molar-refractivity contribution >= 4 is 28.9 Å². The molecule has 2 aromatic rings. The van der Waals surface area contributed by atoms with E-state index in [4.69, 9.17) is 28.9 Å². The topological polar surface area (TPSA) is 69.6 Å². The second-order valence-electron chi connectivity index (χ2n) is 4.04. The van der Waals surface area contributed by atoms with E-state index in [1.807, 2.05) is 0 Å². The zero-order chi connectivity index (χ0) is 12.0. The van der Waals surface area contributed by atoms with E-state index in [0.29, 0.717) is 27.6 Å².